The van der Waals surface area contributed by atoms with Crippen molar-refractivity contribution in [3.05, 3.63) is 24.6 Å². The van der Waals surface area contributed by atoms with Gasteiger partial charge in [-0.05, 0) is 0 Å². The van der Waals surface area contributed by atoms with Gasteiger partial charge < -0.3 is 0 Å². The van der Waals surface area contributed by atoms with Gasteiger partial charge in [0.05, 0.1) is 0 Å². The molecule has 0 aromatic heterocycles. The summed E-state index contributed by atoms with van der Waals surface area (Å²) in [6, 6.07) is 0. The zero-order chi connectivity index (χ0) is 7.45. The van der Waals surface area contributed by atoms with E-state index in [0.29, 0.717) is 2.99 Å². The summed E-state index contributed by atoms with van der Waals surface area (Å²) in [4.78, 5) is 0. The standard InChI is InChI=1S/C7H13As2N/c1-8-7(9-2)3-5-10-6-4-7/h3-6,8-10H,1-2H3. The van der Waals surface area contributed by atoms with E-state index in [4.69, 9.17) is 0 Å². The van der Waals surface area contributed by atoms with Crippen molar-refractivity contribution >= 4 is 31.5 Å². The Morgan fingerprint density at radius 1 is 1.10 bits per heavy atom. The van der Waals surface area contributed by atoms with Gasteiger partial charge in [-0.3, -0.25) is 0 Å². The monoisotopic (exact) mass is 261 g/mol. The Balaban J connectivity index is 2.71. The van der Waals surface area contributed by atoms with E-state index >= 15 is 0 Å². The van der Waals surface area contributed by atoms with E-state index in [1.54, 1.807) is 0 Å². The van der Waals surface area contributed by atoms with Crippen LogP contribution in [-0.4, -0.2) is 31.5 Å². The molecule has 3 heteroatoms. The van der Waals surface area contributed by atoms with Gasteiger partial charge in [0.2, 0.25) is 0 Å². The first-order chi connectivity index (χ1) is 4.83. The molecule has 1 rings (SSSR count). The topological polar surface area (TPSA) is 12.0 Å². The molecule has 0 aromatic carbocycles. The average Bonchev–Trinajstić information content (AvgIpc) is 2.06. The summed E-state index contributed by atoms with van der Waals surface area (Å²) < 4.78 is 0.589. The molecule has 1 heterocycles. The summed E-state index contributed by atoms with van der Waals surface area (Å²) >= 11 is 0.436. The molecule has 2 atom stereocenters. The second-order valence-electron chi connectivity index (χ2n) is 2.20. The Hall–Kier alpha value is 0.397. The van der Waals surface area contributed by atoms with Crippen LogP contribution in [0.5, 0.6) is 0 Å². The summed E-state index contributed by atoms with van der Waals surface area (Å²) in [5.74, 6) is 0. The molecular formula is C7H13As2N. The quantitative estimate of drug-likeness (QED) is 0.721. The van der Waals surface area contributed by atoms with Crippen LogP contribution in [0.1, 0.15) is 0 Å². The van der Waals surface area contributed by atoms with Crippen LogP contribution >= 0.6 is 0 Å². The normalized spacial score (nSPS) is 23.0. The molecule has 1 N–H and O–H groups in total. The van der Waals surface area contributed by atoms with Crippen LogP contribution in [0, 0.1) is 0 Å². The third kappa shape index (κ3) is 1.71. The first-order valence-electron chi connectivity index (χ1n) is 3.32. The summed E-state index contributed by atoms with van der Waals surface area (Å²) in [7, 11) is 0. The Morgan fingerprint density at radius 3 is 1.90 bits per heavy atom. The van der Waals surface area contributed by atoms with Gasteiger partial charge in [0.15, 0.2) is 0 Å². The van der Waals surface area contributed by atoms with Crippen LogP contribution in [0.3, 0.4) is 0 Å². The number of allylic oxidation sites excluding steroid dienone is 2. The Kier molecular flexibility index (Phi) is 3.14. The zero-order valence-electron chi connectivity index (χ0n) is 6.31. The van der Waals surface area contributed by atoms with E-state index in [2.05, 4.69) is 41.3 Å². The third-order valence-corrected chi connectivity index (χ3v) is 12.0. The van der Waals surface area contributed by atoms with E-state index in [-0.39, 0.29) is 31.5 Å². The molecule has 0 saturated carbocycles. The second kappa shape index (κ2) is 3.69. The van der Waals surface area contributed by atoms with E-state index in [0.717, 1.165) is 0 Å². The molecular weight excluding hydrogens is 248 g/mol. The van der Waals surface area contributed by atoms with Crippen LogP contribution < -0.4 is 5.32 Å². The number of hydrogen-bond donors (Lipinski definition) is 1. The fourth-order valence-electron chi connectivity index (χ4n) is 0.929. The number of dihydropyridines is 1. The minimum absolute atomic E-state index is 0.218. The fraction of sp³-hybridized carbons (Fsp3) is 0.429. The molecule has 0 aromatic rings. The Labute approximate surface area is 75.7 Å². The van der Waals surface area contributed by atoms with E-state index < -0.39 is 0 Å². The first-order valence-corrected chi connectivity index (χ1v) is 9.62. The SMILES string of the molecule is C[AsH]C1([AsH]C)C=CNC=C1. The van der Waals surface area contributed by atoms with Crippen LogP contribution in [0.15, 0.2) is 24.6 Å². The van der Waals surface area contributed by atoms with Crippen molar-refractivity contribution in [3.8, 4) is 0 Å². The molecule has 56 valence electrons. The predicted molar refractivity (Wildman–Crippen MR) is 50.1 cm³/mol. The molecule has 1 aliphatic rings. The maximum absolute atomic E-state index is 3.09. The van der Waals surface area contributed by atoms with Gasteiger partial charge in [0.1, 0.15) is 0 Å². The number of hydrogen-bond acceptors (Lipinski definition) is 1. The van der Waals surface area contributed by atoms with Crippen molar-refractivity contribution in [2.75, 3.05) is 0 Å². The number of nitrogens with one attached hydrogen (secondary N) is 1. The Bertz CT molecular complexity index is 145. The van der Waals surface area contributed by atoms with Crippen LogP contribution in [0.4, 0.5) is 0 Å². The summed E-state index contributed by atoms with van der Waals surface area (Å²) in [5, 5.41) is 3.09. The molecule has 0 fully saturated rings. The van der Waals surface area contributed by atoms with E-state index in [1.807, 2.05) is 0 Å². The molecule has 0 saturated heterocycles. The van der Waals surface area contributed by atoms with Crippen LogP contribution in [0.2, 0.25) is 14.4 Å². The van der Waals surface area contributed by atoms with Crippen molar-refractivity contribution in [2.24, 2.45) is 0 Å². The summed E-state index contributed by atoms with van der Waals surface area (Å²) in [6.45, 7) is 0. The summed E-state index contributed by atoms with van der Waals surface area (Å²) in [6.07, 6.45) is 8.88. The fourth-order valence-corrected chi connectivity index (χ4v) is 6.28. The Morgan fingerprint density at radius 2 is 1.60 bits per heavy atom. The van der Waals surface area contributed by atoms with Crippen molar-refractivity contribution in [2.45, 2.75) is 14.4 Å². The van der Waals surface area contributed by atoms with Gasteiger partial charge in [0, 0.05) is 0 Å². The van der Waals surface area contributed by atoms with E-state index in [9.17, 15) is 0 Å². The van der Waals surface area contributed by atoms with Gasteiger partial charge >= 0.3 is 75.8 Å². The van der Waals surface area contributed by atoms with E-state index in [1.165, 1.54) is 0 Å². The van der Waals surface area contributed by atoms with Crippen LogP contribution in [-0.2, 0) is 0 Å². The molecule has 2 unspecified atom stereocenters. The molecule has 1 nitrogen and oxygen atoms in total. The van der Waals surface area contributed by atoms with Crippen LogP contribution in [0.25, 0.3) is 0 Å². The first kappa shape index (κ1) is 8.49. The molecule has 10 heavy (non-hydrogen) atoms. The van der Waals surface area contributed by atoms with Gasteiger partial charge in [0.25, 0.3) is 0 Å². The molecule has 0 radical (unpaired) electrons. The zero-order valence-corrected chi connectivity index (χ0v) is 10.5. The number of rotatable bonds is 2. The van der Waals surface area contributed by atoms with Gasteiger partial charge in [-0.1, -0.05) is 0 Å². The van der Waals surface area contributed by atoms with Crippen molar-refractivity contribution in [3.63, 3.8) is 0 Å². The molecule has 1 aliphatic heterocycles. The predicted octanol–water partition coefficient (Wildman–Crippen LogP) is 0.702. The van der Waals surface area contributed by atoms with Gasteiger partial charge in [-0.15, -0.1) is 0 Å². The van der Waals surface area contributed by atoms with Crippen molar-refractivity contribution in [1.29, 1.82) is 0 Å². The van der Waals surface area contributed by atoms with Gasteiger partial charge in [-0.25, -0.2) is 0 Å². The molecule has 0 spiro atoms. The van der Waals surface area contributed by atoms with Crippen molar-refractivity contribution in [1.82, 2.24) is 5.32 Å². The van der Waals surface area contributed by atoms with Gasteiger partial charge in [-0.2, -0.15) is 0 Å². The molecule has 0 aliphatic carbocycles. The molecule has 0 bridgehead atoms. The summed E-state index contributed by atoms with van der Waals surface area (Å²) in [5.41, 5.74) is 4.76. The maximum atomic E-state index is 3.09. The van der Waals surface area contributed by atoms with Crippen molar-refractivity contribution < 1.29 is 0 Å². The minimum atomic E-state index is 0.218. The third-order valence-electron chi connectivity index (χ3n) is 1.71. The second-order valence-corrected chi connectivity index (χ2v) is 9.97. The average molecular weight is 261 g/mol. The molecule has 0 amide bonds.